The largest absolute Gasteiger partial charge is 0.334 e. The molecule has 36 heavy (non-hydrogen) atoms. The lowest BCUT2D eigenvalue weighted by Gasteiger charge is -2.27. The fraction of sp³-hybridized carbons (Fsp3) is 0.188. The number of carbonyl (C=O) groups excluding carboxylic acids is 1. The van der Waals surface area contributed by atoms with Crippen molar-refractivity contribution in [3.63, 3.8) is 0 Å². The molecule has 1 amide bonds. The molecule has 1 aromatic heterocycles. The SMILES string of the molecule is CC(C)N(Cc1ccccc1)C(=O)Cn1c(Cc2ccc(-c3ccccc3)cc2)nc2ccccc21. The van der Waals surface area contributed by atoms with Gasteiger partial charge in [0.15, 0.2) is 0 Å². The van der Waals surface area contributed by atoms with Gasteiger partial charge in [-0.05, 0) is 48.2 Å². The molecule has 1 heterocycles. The summed E-state index contributed by atoms with van der Waals surface area (Å²) in [6.45, 7) is 5.01. The average molecular weight is 474 g/mol. The van der Waals surface area contributed by atoms with E-state index in [1.165, 1.54) is 16.7 Å². The molecule has 4 heteroatoms. The van der Waals surface area contributed by atoms with E-state index in [4.69, 9.17) is 4.98 Å². The molecule has 5 aromatic rings. The van der Waals surface area contributed by atoms with Crippen LogP contribution in [0.5, 0.6) is 0 Å². The van der Waals surface area contributed by atoms with Gasteiger partial charge >= 0.3 is 0 Å². The highest BCUT2D eigenvalue weighted by molar-refractivity contribution is 5.81. The lowest BCUT2D eigenvalue weighted by molar-refractivity contribution is -0.134. The molecule has 0 aliphatic carbocycles. The number of para-hydroxylation sites is 2. The van der Waals surface area contributed by atoms with Gasteiger partial charge < -0.3 is 9.47 Å². The van der Waals surface area contributed by atoms with Crippen molar-refractivity contribution >= 4 is 16.9 Å². The van der Waals surface area contributed by atoms with E-state index in [9.17, 15) is 4.79 Å². The van der Waals surface area contributed by atoms with Crippen LogP contribution in [0.3, 0.4) is 0 Å². The lowest BCUT2D eigenvalue weighted by Crippen LogP contribution is -2.38. The Morgan fingerprint density at radius 1 is 0.750 bits per heavy atom. The summed E-state index contributed by atoms with van der Waals surface area (Å²) in [6.07, 6.45) is 0.664. The van der Waals surface area contributed by atoms with E-state index in [0.29, 0.717) is 13.0 Å². The highest BCUT2D eigenvalue weighted by Crippen LogP contribution is 2.23. The Morgan fingerprint density at radius 2 is 1.36 bits per heavy atom. The molecule has 0 spiro atoms. The van der Waals surface area contributed by atoms with E-state index in [2.05, 4.69) is 85.1 Å². The van der Waals surface area contributed by atoms with Crippen LogP contribution in [0.4, 0.5) is 0 Å². The number of fused-ring (bicyclic) bond motifs is 1. The summed E-state index contributed by atoms with van der Waals surface area (Å²) in [5, 5.41) is 0. The summed E-state index contributed by atoms with van der Waals surface area (Å²) >= 11 is 0. The van der Waals surface area contributed by atoms with E-state index in [-0.39, 0.29) is 18.5 Å². The van der Waals surface area contributed by atoms with Crippen molar-refractivity contribution in [1.29, 1.82) is 0 Å². The van der Waals surface area contributed by atoms with Gasteiger partial charge in [-0.3, -0.25) is 4.79 Å². The van der Waals surface area contributed by atoms with Gasteiger partial charge in [0.1, 0.15) is 12.4 Å². The zero-order valence-electron chi connectivity index (χ0n) is 20.8. The number of imidazole rings is 1. The topological polar surface area (TPSA) is 38.1 Å². The lowest BCUT2D eigenvalue weighted by atomic mass is 10.0. The number of amides is 1. The van der Waals surface area contributed by atoms with Crippen molar-refractivity contribution < 1.29 is 4.79 Å². The molecule has 0 atom stereocenters. The van der Waals surface area contributed by atoms with E-state index in [1.807, 2.05) is 47.4 Å². The fourth-order valence-corrected chi connectivity index (χ4v) is 4.63. The number of nitrogens with zero attached hydrogens (tertiary/aromatic N) is 3. The van der Waals surface area contributed by atoms with Gasteiger partial charge in [-0.25, -0.2) is 4.98 Å². The highest BCUT2D eigenvalue weighted by atomic mass is 16.2. The van der Waals surface area contributed by atoms with Gasteiger partial charge in [0, 0.05) is 19.0 Å². The fourth-order valence-electron chi connectivity index (χ4n) is 4.63. The van der Waals surface area contributed by atoms with E-state index in [0.717, 1.165) is 22.4 Å². The molecule has 0 unspecified atom stereocenters. The molecule has 4 nitrogen and oxygen atoms in total. The van der Waals surface area contributed by atoms with Gasteiger partial charge in [-0.2, -0.15) is 0 Å². The maximum Gasteiger partial charge on any atom is 0.243 e. The van der Waals surface area contributed by atoms with Crippen LogP contribution in [0.15, 0.2) is 109 Å². The minimum Gasteiger partial charge on any atom is -0.334 e. The second-order valence-corrected chi connectivity index (χ2v) is 9.44. The van der Waals surface area contributed by atoms with Crippen LogP contribution >= 0.6 is 0 Å². The van der Waals surface area contributed by atoms with Crippen LogP contribution in [0.2, 0.25) is 0 Å². The Hall–Kier alpha value is -4.18. The Morgan fingerprint density at radius 3 is 2.06 bits per heavy atom. The Balaban J connectivity index is 1.41. The van der Waals surface area contributed by atoms with Crippen molar-refractivity contribution in [3.8, 4) is 11.1 Å². The second-order valence-electron chi connectivity index (χ2n) is 9.44. The first kappa shape index (κ1) is 23.6. The van der Waals surface area contributed by atoms with Crippen molar-refractivity contribution in [1.82, 2.24) is 14.5 Å². The predicted octanol–water partition coefficient (Wildman–Crippen LogP) is 6.73. The monoisotopic (exact) mass is 473 g/mol. The standard InChI is InChI=1S/C32H31N3O/c1-24(2)34(22-26-11-5-3-6-12-26)32(36)23-35-30-16-10-9-15-29(30)33-31(35)21-25-17-19-28(20-18-25)27-13-7-4-8-14-27/h3-20,24H,21-23H2,1-2H3. The van der Waals surface area contributed by atoms with Gasteiger partial charge in [0.2, 0.25) is 5.91 Å². The van der Waals surface area contributed by atoms with Gasteiger partial charge in [-0.15, -0.1) is 0 Å². The molecule has 4 aromatic carbocycles. The van der Waals surface area contributed by atoms with Crippen LogP contribution in [0.1, 0.15) is 30.8 Å². The first-order chi connectivity index (χ1) is 17.6. The van der Waals surface area contributed by atoms with Crippen molar-refractivity contribution in [3.05, 3.63) is 126 Å². The molecule has 180 valence electrons. The molecule has 0 aliphatic heterocycles. The summed E-state index contributed by atoms with van der Waals surface area (Å²) in [5.41, 5.74) is 6.61. The summed E-state index contributed by atoms with van der Waals surface area (Å²) in [6, 6.07) is 37.4. The number of rotatable bonds is 8. The number of carbonyl (C=O) groups is 1. The molecule has 5 rings (SSSR count). The molecular weight excluding hydrogens is 442 g/mol. The van der Waals surface area contributed by atoms with Gasteiger partial charge in [0.05, 0.1) is 11.0 Å². The molecule has 0 bridgehead atoms. The number of benzene rings is 4. The summed E-state index contributed by atoms with van der Waals surface area (Å²) in [7, 11) is 0. The van der Waals surface area contributed by atoms with E-state index in [1.54, 1.807) is 0 Å². The zero-order valence-corrected chi connectivity index (χ0v) is 20.8. The smallest absolute Gasteiger partial charge is 0.243 e. The molecule has 0 aliphatic rings. The number of hydrogen-bond donors (Lipinski definition) is 0. The second kappa shape index (κ2) is 10.6. The first-order valence-corrected chi connectivity index (χ1v) is 12.5. The summed E-state index contributed by atoms with van der Waals surface area (Å²) in [4.78, 5) is 20.5. The van der Waals surface area contributed by atoms with Crippen LogP contribution < -0.4 is 0 Å². The third-order valence-corrected chi connectivity index (χ3v) is 6.59. The highest BCUT2D eigenvalue weighted by Gasteiger charge is 2.21. The minimum atomic E-state index is 0.0951. The van der Waals surface area contributed by atoms with Crippen molar-refractivity contribution in [2.24, 2.45) is 0 Å². The quantitative estimate of drug-likeness (QED) is 0.251. The molecule has 0 saturated heterocycles. The third-order valence-electron chi connectivity index (χ3n) is 6.59. The summed E-state index contributed by atoms with van der Waals surface area (Å²) < 4.78 is 2.09. The normalized spacial score (nSPS) is 11.2. The number of hydrogen-bond acceptors (Lipinski definition) is 2. The molecule has 0 saturated carbocycles. The maximum atomic E-state index is 13.6. The Bertz CT molecular complexity index is 1440. The van der Waals surface area contributed by atoms with Crippen molar-refractivity contribution in [2.75, 3.05) is 0 Å². The van der Waals surface area contributed by atoms with Crippen LogP contribution in [0, 0.1) is 0 Å². The van der Waals surface area contributed by atoms with Crippen LogP contribution in [-0.2, 0) is 24.3 Å². The molecule has 0 radical (unpaired) electrons. The summed E-state index contributed by atoms with van der Waals surface area (Å²) in [5.74, 6) is 0.998. The van der Waals surface area contributed by atoms with E-state index >= 15 is 0 Å². The molecular formula is C32H31N3O. The van der Waals surface area contributed by atoms with Crippen LogP contribution in [-0.4, -0.2) is 26.4 Å². The van der Waals surface area contributed by atoms with Gasteiger partial charge in [0.25, 0.3) is 0 Å². The number of aromatic nitrogens is 2. The molecule has 0 fully saturated rings. The first-order valence-electron chi connectivity index (χ1n) is 12.5. The third kappa shape index (κ3) is 5.23. The van der Waals surface area contributed by atoms with Gasteiger partial charge in [-0.1, -0.05) is 97.1 Å². The van der Waals surface area contributed by atoms with E-state index < -0.39 is 0 Å². The zero-order chi connectivity index (χ0) is 24.9. The average Bonchev–Trinajstić information content (AvgIpc) is 3.25. The maximum absolute atomic E-state index is 13.6. The molecule has 0 N–H and O–H groups in total. The predicted molar refractivity (Wildman–Crippen MR) is 147 cm³/mol. The Kier molecular flexibility index (Phi) is 6.94. The van der Waals surface area contributed by atoms with Crippen molar-refractivity contribution in [2.45, 2.75) is 39.4 Å². The Labute approximate surface area is 212 Å². The minimum absolute atomic E-state index is 0.0951. The van der Waals surface area contributed by atoms with Crippen LogP contribution in [0.25, 0.3) is 22.2 Å².